The average Bonchev–Trinajstić information content (AvgIpc) is 3.35. The summed E-state index contributed by atoms with van der Waals surface area (Å²) in [5, 5.41) is 14.4. The molecular weight excluding hydrogens is 444 g/mol. The SMILES string of the molecule is C[C@@H]1CCCN(c2ccc(C(=O)Nc3cccc(S(=O)(=O)N4CCCC4)c3)cc2[N+](=O)[O-])C1. The molecule has 10 heteroatoms. The van der Waals surface area contributed by atoms with Gasteiger partial charge < -0.3 is 10.2 Å². The molecule has 1 atom stereocenters. The molecule has 0 spiro atoms. The van der Waals surface area contributed by atoms with Crippen LogP contribution >= 0.6 is 0 Å². The van der Waals surface area contributed by atoms with Gasteiger partial charge in [-0.1, -0.05) is 13.0 Å². The Balaban J connectivity index is 1.55. The van der Waals surface area contributed by atoms with Crippen molar-refractivity contribution in [3.63, 3.8) is 0 Å². The third-order valence-corrected chi connectivity index (χ3v) is 8.12. The van der Waals surface area contributed by atoms with E-state index in [1.165, 1.54) is 22.5 Å². The number of amides is 1. The van der Waals surface area contributed by atoms with E-state index in [9.17, 15) is 23.3 Å². The van der Waals surface area contributed by atoms with Crippen LogP contribution in [0.15, 0.2) is 47.4 Å². The van der Waals surface area contributed by atoms with E-state index in [0.717, 1.165) is 38.8 Å². The minimum Gasteiger partial charge on any atom is -0.366 e. The Bertz CT molecular complexity index is 1160. The van der Waals surface area contributed by atoms with Crippen LogP contribution in [0.5, 0.6) is 0 Å². The second-order valence-corrected chi connectivity index (χ2v) is 10.7. The number of carbonyl (C=O) groups is 1. The predicted molar refractivity (Wildman–Crippen MR) is 126 cm³/mol. The molecule has 2 aromatic carbocycles. The Morgan fingerprint density at radius 3 is 2.55 bits per heavy atom. The quantitative estimate of drug-likeness (QED) is 0.504. The van der Waals surface area contributed by atoms with Crippen LogP contribution in [0, 0.1) is 16.0 Å². The Labute approximate surface area is 193 Å². The zero-order valence-electron chi connectivity index (χ0n) is 18.6. The van der Waals surface area contributed by atoms with Crippen LogP contribution in [-0.4, -0.2) is 49.7 Å². The summed E-state index contributed by atoms with van der Waals surface area (Å²) in [6.07, 6.45) is 3.73. The van der Waals surface area contributed by atoms with E-state index >= 15 is 0 Å². The third kappa shape index (κ3) is 5.01. The van der Waals surface area contributed by atoms with Crippen molar-refractivity contribution in [3.8, 4) is 0 Å². The van der Waals surface area contributed by atoms with Crippen LogP contribution in [-0.2, 0) is 10.0 Å². The van der Waals surface area contributed by atoms with E-state index in [4.69, 9.17) is 0 Å². The maximum atomic E-state index is 12.8. The summed E-state index contributed by atoms with van der Waals surface area (Å²) in [6.45, 7) is 4.59. The number of hydrogen-bond acceptors (Lipinski definition) is 6. The summed E-state index contributed by atoms with van der Waals surface area (Å²) in [4.78, 5) is 26.2. The molecule has 4 rings (SSSR count). The lowest BCUT2D eigenvalue weighted by molar-refractivity contribution is -0.384. The minimum absolute atomic E-state index is 0.109. The Morgan fingerprint density at radius 1 is 1.09 bits per heavy atom. The first-order valence-electron chi connectivity index (χ1n) is 11.2. The molecule has 0 aromatic heterocycles. The van der Waals surface area contributed by atoms with Crippen LogP contribution in [0.1, 0.15) is 43.0 Å². The van der Waals surface area contributed by atoms with E-state index in [2.05, 4.69) is 12.2 Å². The first kappa shape index (κ1) is 23.2. The number of benzene rings is 2. The molecule has 2 fully saturated rings. The van der Waals surface area contributed by atoms with Gasteiger partial charge in [0.25, 0.3) is 11.6 Å². The number of nitro groups is 1. The highest BCUT2D eigenvalue weighted by Crippen LogP contribution is 2.33. The third-order valence-electron chi connectivity index (χ3n) is 6.23. The maximum Gasteiger partial charge on any atom is 0.293 e. The van der Waals surface area contributed by atoms with Crippen molar-refractivity contribution in [2.75, 3.05) is 36.4 Å². The fourth-order valence-corrected chi connectivity index (χ4v) is 6.07. The first-order valence-corrected chi connectivity index (χ1v) is 12.6. The zero-order chi connectivity index (χ0) is 23.6. The molecule has 2 heterocycles. The van der Waals surface area contributed by atoms with Crippen LogP contribution in [0.3, 0.4) is 0 Å². The number of sulfonamides is 1. The first-order chi connectivity index (χ1) is 15.8. The number of carbonyl (C=O) groups excluding carboxylic acids is 1. The summed E-state index contributed by atoms with van der Waals surface area (Å²) in [6, 6.07) is 10.6. The number of anilines is 2. The second-order valence-electron chi connectivity index (χ2n) is 8.75. The average molecular weight is 473 g/mol. The predicted octanol–water partition coefficient (Wildman–Crippen LogP) is 3.87. The number of hydrogen-bond donors (Lipinski definition) is 1. The molecule has 0 bridgehead atoms. The fourth-order valence-electron chi connectivity index (χ4n) is 4.50. The summed E-state index contributed by atoms with van der Waals surface area (Å²) >= 11 is 0. The van der Waals surface area contributed by atoms with Crippen molar-refractivity contribution >= 4 is 33.0 Å². The highest BCUT2D eigenvalue weighted by molar-refractivity contribution is 7.89. The molecule has 1 N–H and O–H groups in total. The van der Waals surface area contributed by atoms with Gasteiger partial charge in [0.05, 0.1) is 9.82 Å². The van der Waals surface area contributed by atoms with Gasteiger partial charge in [0, 0.05) is 43.5 Å². The number of nitro benzene ring substituents is 1. The molecule has 0 saturated carbocycles. The van der Waals surface area contributed by atoms with Crippen molar-refractivity contribution in [2.45, 2.75) is 37.5 Å². The van der Waals surface area contributed by atoms with E-state index in [1.54, 1.807) is 24.3 Å². The van der Waals surface area contributed by atoms with E-state index < -0.39 is 20.9 Å². The molecule has 33 heavy (non-hydrogen) atoms. The second kappa shape index (κ2) is 9.48. The topological polar surface area (TPSA) is 113 Å². The summed E-state index contributed by atoms with van der Waals surface area (Å²) in [5.41, 5.74) is 0.865. The highest BCUT2D eigenvalue weighted by atomic mass is 32.2. The Hall–Kier alpha value is -2.98. The fraction of sp³-hybridized carbons (Fsp3) is 0.435. The molecule has 0 unspecified atom stereocenters. The van der Waals surface area contributed by atoms with Gasteiger partial charge in [-0.3, -0.25) is 14.9 Å². The van der Waals surface area contributed by atoms with Crippen molar-refractivity contribution in [2.24, 2.45) is 5.92 Å². The van der Waals surface area contributed by atoms with Crippen molar-refractivity contribution in [1.82, 2.24) is 4.31 Å². The molecule has 2 aliphatic rings. The van der Waals surface area contributed by atoms with Gasteiger partial charge in [0.15, 0.2) is 0 Å². The molecule has 1 amide bonds. The number of nitrogens with zero attached hydrogens (tertiary/aromatic N) is 3. The summed E-state index contributed by atoms with van der Waals surface area (Å²) in [7, 11) is -3.62. The van der Waals surface area contributed by atoms with Crippen molar-refractivity contribution in [1.29, 1.82) is 0 Å². The van der Waals surface area contributed by atoms with Gasteiger partial charge in [-0.05, 0) is 61.9 Å². The van der Waals surface area contributed by atoms with Gasteiger partial charge in [0.1, 0.15) is 5.69 Å². The molecule has 2 aromatic rings. The molecule has 2 saturated heterocycles. The lowest BCUT2D eigenvalue weighted by atomic mass is 9.99. The minimum atomic E-state index is -3.62. The normalized spacial score (nSPS) is 19.4. The monoisotopic (exact) mass is 472 g/mol. The number of nitrogens with one attached hydrogen (secondary N) is 1. The molecule has 9 nitrogen and oxygen atoms in total. The van der Waals surface area contributed by atoms with E-state index in [-0.39, 0.29) is 16.1 Å². The largest absolute Gasteiger partial charge is 0.366 e. The molecule has 2 aliphatic heterocycles. The Kier molecular flexibility index (Phi) is 6.66. The molecule has 0 aliphatic carbocycles. The number of piperidine rings is 1. The van der Waals surface area contributed by atoms with Gasteiger partial charge in [0.2, 0.25) is 10.0 Å². The molecule has 176 valence electrons. The van der Waals surface area contributed by atoms with Gasteiger partial charge in [-0.2, -0.15) is 4.31 Å². The lowest BCUT2D eigenvalue weighted by Crippen LogP contribution is -2.34. The smallest absolute Gasteiger partial charge is 0.293 e. The van der Waals surface area contributed by atoms with Gasteiger partial charge >= 0.3 is 0 Å². The summed E-state index contributed by atoms with van der Waals surface area (Å²) in [5.74, 6) is -0.0853. The maximum absolute atomic E-state index is 12.8. The van der Waals surface area contributed by atoms with Crippen molar-refractivity contribution < 1.29 is 18.1 Å². The van der Waals surface area contributed by atoms with Crippen molar-refractivity contribution in [3.05, 3.63) is 58.1 Å². The van der Waals surface area contributed by atoms with Crippen LogP contribution in [0.25, 0.3) is 0 Å². The van der Waals surface area contributed by atoms with Crippen LogP contribution < -0.4 is 10.2 Å². The summed E-state index contributed by atoms with van der Waals surface area (Å²) < 4.78 is 27.1. The number of rotatable bonds is 6. The van der Waals surface area contributed by atoms with Crippen LogP contribution in [0.4, 0.5) is 17.1 Å². The van der Waals surface area contributed by atoms with E-state index in [0.29, 0.717) is 30.4 Å². The zero-order valence-corrected chi connectivity index (χ0v) is 19.4. The highest BCUT2D eigenvalue weighted by Gasteiger charge is 2.28. The standard InChI is InChI=1S/C23H28N4O5S/c1-17-6-5-11-25(16-17)21-10-9-18(14-22(21)27(29)30)23(28)24-19-7-4-8-20(15-19)33(31,32)26-12-2-3-13-26/h4,7-10,14-15,17H,2-3,5-6,11-13,16H2,1H3,(H,24,28)/t17-/m1/s1. The molecular formula is C23H28N4O5S. The van der Waals surface area contributed by atoms with E-state index in [1.807, 2.05) is 4.90 Å². The van der Waals surface area contributed by atoms with Crippen LogP contribution in [0.2, 0.25) is 0 Å². The molecule has 0 radical (unpaired) electrons. The Morgan fingerprint density at radius 2 is 1.85 bits per heavy atom. The lowest BCUT2D eigenvalue weighted by Gasteiger charge is -2.32. The van der Waals surface area contributed by atoms with Gasteiger partial charge in [-0.15, -0.1) is 0 Å². The van der Waals surface area contributed by atoms with Gasteiger partial charge in [-0.25, -0.2) is 8.42 Å².